The molecule has 3 rings (SSSR count). The molecule has 3 heteroatoms. The SMILES string of the molecule is CSCC(C)(O)c1cccc(OCc2ccc3ccccc3c2)c1. The van der Waals surface area contributed by atoms with Gasteiger partial charge in [0.2, 0.25) is 0 Å². The first-order chi connectivity index (χ1) is 11.6. The highest BCUT2D eigenvalue weighted by molar-refractivity contribution is 7.98. The van der Waals surface area contributed by atoms with Crippen LogP contribution in [0.25, 0.3) is 10.8 Å². The Hall–Kier alpha value is -1.97. The van der Waals surface area contributed by atoms with Gasteiger partial charge in [0.25, 0.3) is 0 Å². The summed E-state index contributed by atoms with van der Waals surface area (Å²) < 4.78 is 5.94. The molecule has 1 unspecified atom stereocenters. The van der Waals surface area contributed by atoms with Crippen LogP contribution < -0.4 is 4.74 Å². The van der Waals surface area contributed by atoms with Gasteiger partial charge in [-0.2, -0.15) is 11.8 Å². The Morgan fingerprint density at radius 3 is 2.54 bits per heavy atom. The van der Waals surface area contributed by atoms with Crippen molar-refractivity contribution in [1.82, 2.24) is 0 Å². The number of hydrogen-bond donors (Lipinski definition) is 1. The Morgan fingerprint density at radius 2 is 1.75 bits per heavy atom. The molecule has 0 fully saturated rings. The molecule has 0 saturated heterocycles. The van der Waals surface area contributed by atoms with Crippen LogP contribution in [0.1, 0.15) is 18.1 Å². The molecular formula is C21H22O2S. The highest BCUT2D eigenvalue weighted by Crippen LogP contribution is 2.27. The van der Waals surface area contributed by atoms with E-state index in [1.165, 1.54) is 10.8 Å². The van der Waals surface area contributed by atoms with E-state index < -0.39 is 5.60 Å². The molecule has 0 radical (unpaired) electrons. The summed E-state index contributed by atoms with van der Waals surface area (Å²) in [5.41, 5.74) is 1.17. The van der Waals surface area contributed by atoms with Crippen LogP contribution in [0.2, 0.25) is 0 Å². The molecule has 3 aromatic rings. The van der Waals surface area contributed by atoms with Crippen molar-refractivity contribution in [3.63, 3.8) is 0 Å². The maximum atomic E-state index is 10.5. The van der Waals surface area contributed by atoms with Crippen molar-refractivity contribution >= 4 is 22.5 Å². The molecule has 0 amide bonds. The van der Waals surface area contributed by atoms with Gasteiger partial charge in [-0.25, -0.2) is 0 Å². The zero-order chi connectivity index (χ0) is 17.0. The molecule has 0 bridgehead atoms. The van der Waals surface area contributed by atoms with E-state index in [2.05, 4.69) is 30.3 Å². The number of aliphatic hydroxyl groups is 1. The zero-order valence-corrected chi connectivity index (χ0v) is 14.8. The molecule has 0 saturated carbocycles. The van der Waals surface area contributed by atoms with Gasteiger partial charge in [-0.1, -0.05) is 48.5 Å². The minimum atomic E-state index is -0.846. The Morgan fingerprint density at radius 1 is 0.958 bits per heavy atom. The molecule has 1 atom stereocenters. The van der Waals surface area contributed by atoms with Crippen molar-refractivity contribution in [1.29, 1.82) is 0 Å². The highest BCUT2D eigenvalue weighted by Gasteiger charge is 2.22. The van der Waals surface area contributed by atoms with Crippen LogP contribution in [-0.2, 0) is 12.2 Å². The molecule has 0 aliphatic carbocycles. The van der Waals surface area contributed by atoms with Crippen LogP contribution in [0.3, 0.4) is 0 Å². The smallest absolute Gasteiger partial charge is 0.120 e. The minimum absolute atomic E-state index is 0.513. The van der Waals surface area contributed by atoms with E-state index in [1.54, 1.807) is 11.8 Å². The highest BCUT2D eigenvalue weighted by atomic mass is 32.2. The van der Waals surface area contributed by atoms with E-state index in [4.69, 9.17) is 4.74 Å². The number of ether oxygens (including phenoxy) is 1. The maximum Gasteiger partial charge on any atom is 0.120 e. The molecule has 0 aliphatic rings. The van der Waals surface area contributed by atoms with Crippen LogP contribution in [0.4, 0.5) is 0 Å². The maximum absolute atomic E-state index is 10.5. The van der Waals surface area contributed by atoms with Crippen LogP contribution in [-0.4, -0.2) is 17.1 Å². The zero-order valence-electron chi connectivity index (χ0n) is 14.0. The van der Waals surface area contributed by atoms with Gasteiger partial charge in [0, 0.05) is 5.75 Å². The van der Waals surface area contributed by atoms with Crippen molar-refractivity contribution in [3.8, 4) is 5.75 Å². The van der Waals surface area contributed by atoms with Crippen molar-refractivity contribution in [2.45, 2.75) is 19.1 Å². The molecule has 0 heterocycles. The van der Waals surface area contributed by atoms with E-state index >= 15 is 0 Å². The van der Waals surface area contributed by atoms with Gasteiger partial charge in [0.1, 0.15) is 12.4 Å². The van der Waals surface area contributed by atoms with Gasteiger partial charge in [-0.05, 0) is 53.3 Å². The number of benzene rings is 3. The van der Waals surface area contributed by atoms with Gasteiger partial charge in [0.05, 0.1) is 5.60 Å². The Balaban J connectivity index is 1.74. The summed E-state index contributed by atoms with van der Waals surface area (Å²) in [6.45, 7) is 2.35. The Kier molecular flexibility index (Phi) is 5.12. The fraction of sp³-hybridized carbons (Fsp3) is 0.238. The van der Waals surface area contributed by atoms with E-state index in [0.717, 1.165) is 16.9 Å². The summed E-state index contributed by atoms with van der Waals surface area (Å²) in [4.78, 5) is 0. The fourth-order valence-electron chi connectivity index (χ4n) is 2.78. The number of rotatable bonds is 6. The minimum Gasteiger partial charge on any atom is -0.489 e. The lowest BCUT2D eigenvalue weighted by atomic mass is 9.98. The third-order valence-corrected chi connectivity index (χ3v) is 4.95. The van der Waals surface area contributed by atoms with Crippen LogP contribution in [0.5, 0.6) is 5.75 Å². The third kappa shape index (κ3) is 3.92. The lowest BCUT2D eigenvalue weighted by molar-refractivity contribution is 0.0836. The number of fused-ring (bicyclic) bond motifs is 1. The van der Waals surface area contributed by atoms with E-state index in [9.17, 15) is 5.11 Å². The predicted molar refractivity (Wildman–Crippen MR) is 103 cm³/mol. The standard InChI is InChI=1S/C21H22O2S/c1-21(22,15-24-2)19-8-5-9-20(13-19)23-14-16-10-11-17-6-3-4-7-18(17)12-16/h3-13,22H,14-15H2,1-2H3. The first kappa shape index (κ1) is 16.9. The first-order valence-corrected chi connectivity index (χ1v) is 9.40. The lowest BCUT2D eigenvalue weighted by Crippen LogP contribution is -2.24. The summed E-state index contributed by atoms with van der Waals surface area (Å²) in [5.74, 6) is 1.43. The molecule has 124 valence electrons. The molecule has 3 aromatic carbocycles. The quantitative estimate of drug-likeness (QED) is 0.686. The molecule has 1 N–H and O–H groups in total. The van der Waals surface area contributed by atoms with Crippen LogP contribution >= 0.6 is 11.8 Å². The molecule has 0 aromatic heterocycles. The first-order valence-electron chi connectivity index (χ1n) is 8.01. The third-order valence-electron chi connectivity index (χ3n) is 4.10. The van der Waals surface area contributed by atoms with E-state index in [-0.39, 0.29) is 0 Å². The second kappa shape index (κ2) is 7.29. The Labute approximate surface area is 147 Å². The summed E-state index contributed by atoms with van der Waals surface area (Å²) in [6, 6.07) is 22.4. The average molecular weight is 338 g/mol. The molecule has 24 heavy (non-hydrogen) atoms. The van der Waals surface area contributed by atoms with Crippen molar-refractivity contribution in [2.75, 3.05) is 12.0 Å². The second-order valence-corrected chi connectivity index (χ2v) is 7.07. The largest absolute Gasteiger partial charge is 0.489 e. The average Bonchev–Trinajstić information content (AvgIpc) is 2.60. The van der Waals surface area contributed by atoms with Gasteiger partial charge in [-0.3, -0.25) is 0 Å². The predicted octanol–water partition coefficient (Wildman–Crippen LogP) is 4.99. The normalized spacial score (nSPS) is 13.6. The Bertz CT molecular complexity index is 827. The molecular weight excluding hydrogens is 316 g/mol. The second-order valence-electron chi connectivity index (χ2n) is 6.20. The van der Waals surface area contributed by atoms with Crippen molar-refractivity contribution in [2.24, 2.45) is 0 Å². The van der Waals surface area contributed by atoms with Crippen LogP contribution in [0, 0.1) is 0 Å². The van der Waals surface area contributed by atoms with Gasteiger partial charge in [0.15, 0.2) is 0 Å². The van der Waals surface area contributed by atoms with Crippen LogP contribution in [0.15, 0.2) is 66.7 Å². The van der Waals surface area contributed by atoms with Gasteiger partial charge < -0.3 is 9.84 Å². The number of thioether (sulfide) groups is 1. The van der Waals surface area contributed by atoms with Crippen molar-refractivity contribution in [3.05, 3.63) is 77.9 Å². The molecule has 0 spiro atoms. The number of hydrogen-bond acceptors (Lipinski definition) is 3. The fourth-order valence-corrected chi connectivity index (χ4v) is 3.51. The topological polar surface area (TPSA) is 29.5 Å². The van der Waals surface area contributed by atoms with Gasteiger partial charge in [-0.15, -0.1) is 0 Å². The summed E-state index contributed by atoms with van der Waals surface area (Å²) in [6.07, 6.45) is 1.99. The summed E-state index contributed by atoms with van der Waals surface area (Å²) >= 11 is 1.63. The van der Waals surface area contributed by atoms with Crippen molar-refractivity contribution < 1.29 is 9.84 Å². The van der Waals surface area contributed by atoms with Gasteiger partial charge >= 0.3 is 0 Å². The molecule has 2 nitrogen and oxygen atoms in total. The summed E-state index contributed by atoms with van der Waals surface area (Å²) in [5, 5.41) is 13.0. The van der Waals surface area contributed by atoms with E-state index in [1.807, 2.05) is 49.6 Å². The van der Waals surface area contributed by atoms with E-state index in [0.29, 0.717) is 12.4 Å². The summed E-state index contributed by atoms with van der Waals surface area (Å²) in [7, 11) is 0. The monoisotopic (exact) mass is 338 g/mol. The molecule has 0 aliphatic heterocycles. The lowest BCUT2D eigenvalue weighted by Gasteiger charge is -2.23.